The molecule has 0 aromatic heterocycles. The maximum absolute atomic E-state index is 12.0. The summed E-state index contributed by atoms with van der Waals surface area (Å²) in [4.78, 5) is 23.0. The zero-order valence-corrected chi connectivity index (χ0v) is 15.2. The number of nitrogens with one attached hydrogen (secondary N) is 1. The summed E-state index contributed by atoms with van der Waals surface area (Å²) in [5.74, 6) is 0.474. The number of anilines is 1. The van der Waals surface area contributed by atoms with Crippen LogP contribution in [0, 0.1) is 6.92 Å². The fraction of sp³-hybridized carbons (Fsp3) is 0.0909. The van der Waals surface area contributed by atoms with Gasteiger partial charge in [0.25, 0.3) is 5.91 Å². The monoisotopic (exact) mass is 377 g/mol. The van der Waals surface area contributed by atoms with Crippen molar-refractivity contribution < 1.29 is 24.2 Å². The third kappa shape index (κ3) is 5.35. The molecule has 0 saturated carbocycles. The number of hydrogen-bond donors (Lipinski definition) is 2. The number of amides is 1. The molecule has 0 bridgehead atoms. The van der Waals surface area contributed by atoms with E-state index in [0.29, 0.717) is 17.2 Å². The number of benzene rings is 3. The van der Waals surface area contributed by atoms with Gasteiger partial charge in [0.1, 0.15) is 17.2 Å². The summed E-state index contributed by atoms with van der Waals surface area (Å²) in [5, 5.41) is 11.6. The Morgan fingerprint density at radius 2 is 1.50 bits per heavy atom. The predicted molar refractivity (Wildman–Crippen MR) is 105 cm³/mol. The number of carbonyl (C=O) groups is 2. The first kappa shape index (κ1) is 19.0. The quantitative estimate of drug-likeness (QED) is 0.633. The molecule has 3 rings (SSSR count). The number of aromatic carboxylic acids is 1. The van der Waals surface area contributed by atoms with Gasteiger partial charge in [0, 0.05) is 5.69 Å². The van der Waals surface area contributed by atoms with Gasteiger partial charge in [-0.3, -0.25) is 4.79 Å². The molecule has 0 fully saturated rings. The summed E-state index contributed by atoms with van der Waals surface area (Å²) in [5.41, 5.74) is 1.65. The molecule has 1 amide bonds. The molecular weight excluding hydrogens is 358 g/mol. The molecule has 0 saturated heterocycles. The largest absolute Gasteiger partial charge is 0.484 e. The van der Waals surface area contributed by atoms with Crippen molar-refractivity contribution in [2.24, 2.45) is 0 Å². The van der Waals surface area contributed by atoms with Gasteiger partial charge in [0.2, 0.25) is 0 Å². The Kier molecular flexibility index (Phi) is 5.91. The summed E-state index contributed by atoms with van der Waals surface area (Å²) >= 11 is 0. The number of ether oxygens (including phenoxy) is 2. The first-order chi connectivity index (χ1) is 13.5. The fourth-order valence-corrected chi connectivity index (χ4v) is 2.42. The molecule has 0 heterocycles. The van der Waals surface area contributed by atoms with Gasteiger partial charge in [-0.1, -0.05) is 23.8 Å². The Balaban J connectivity index is 1.51. The molecule has 0 aliphatic rings. The lowest BCUT2D eigenvalue weighted by Crippen LogP contribution is -2.20. The Labute approximate surface area is 162 Å². The van der Waals surface area contributed by atoms with Crippen LogP contribution in [-0.2, 0) is 4.79 Å². The lowest BCUT2D eigenvalue weighted by molar-refractivity contribution is -0.118. The third-order valence-corrected chi connectivity index (χ3v) is 3.84. The maximum Gasteiger partial charge on any atom is 0.335 e. The zero-order chi connectivity index (χ0) is 19.9. The van der Waals surface area contributed by atoms with E-state index in [1.807, 2.05) is 31.2 Å². The standard InChI is InChI=1S/C22H19NO5/c1-15-5-7-19(8-6-15)28-20-11-9-18(10-12-20)27-14-21(24)23-17-4-2-3-16(13-17)22(25)26/h2-13H,14H2,1H3,(H,23,24)(H,25,26). The van der Waals surface area contributed by atoms with Gasteiger partial charge in [-0.25, -0.2) is 4.79 Å². The Hall–Kier alpha value is -3.80. The average molecular weight is 377 g/mol. The van der Waals surface area contributed by atoms with Gasteiger partial charge in [-0.15, -0.1) is 0 Å². The van der Waals surface area contributed by atoms with Crippen LogP contribution in [0.25, 0.3) is 0 Å². The van der Waals surface area contributed by atoms with Gasteiger partial charge in [-0.05, 0) is 61.5 Å². The number of rotatable bonds is 7. The van der Waals surface area contributed by atoms with Gasteiger partial charge >= 0.3 is 5.97 Å². The zero-order valence-electron chi connectivity index (χ0n) is 15.2. The van der Waals surface area contributed by atoms with E-state index in [2.05, 4.69) is 5.32 Å². The number of carboxylic acid groups (broad SMARTS) is 1. The third-order valence-electron chi connectivity index (χ3n) is 3.84. The van der Waals surface area contributed by atoms with Crippen molar-refractivity contribution in [1.82, 2.24) is 0 Å². The van der Waals surface area contributed by atoms with Crippen LogP contribution in [0.1, 0.15) is 15.9 Å². The van der Waals surface area contributed by atoms with Crippen LogP contribution in [0.2, 0.25) is 0 Å². The lowest BCUT2D eigenvalue weighted by atomic mass is 10.2. The summed E-state index contributed by atoms with van der Waals surface area (Å²) < 4.78 is 11.2. The molecule has 0 spiro atoms. The van der Waals surface area contributed by atoms with Crippen molar-refractivity contribution in [2.75, 3.05) is 11.9 Å². The lowest BCUT2D eigenvalue weighted by Gasteiger charge is -2.09. The van der Waals surface area contributed by atoms with E-state index >= 15 is 0 Å². The molecule has 0 aliphatic heterocycles. The smallest absolute Gasteiger partial charge is 0.335 e. The minimum atomic E-state index is -1.06. The van der Waals surface area contributed by atoms with Gasteiger partial charge in [-0.2, -0.15) is 0 Å². The van der Waals surface area contributed by atoms with Gasteiger partial charge < -0.3 is 19.9 Å². The van der Waals surface area contributed by atoms with E-state index in [9.17, 15) is 9.59 Å². The van der Waals surface area contributed by atoms with E-state index < -0.39 is 5.97 Å². The second kappa shape index (κ2) is 8.73. The van der Waals surface area contributed by atoms with Crippen molar-refractivity contribution in [1.29, 1.82) is 0 Å². The SMILES string of the molecule is Cc1ccc(Oc2ccc(OCC(=O)Nc3cccc(C(=O)O)c3)cc2)cc1. The van der Waals surface area contributed by atoms with Crippen LogP contribution in [0.15, 0.2) is 72.8 Å². The molecule has 0 unspecified atom stereocenters. The second-order valence-corrected chi connectivity index (χ2v) is 6.11. The molecule has 28 heavy (non-hydrogen) atoms. The topological polar surface area (TPSA) is 84.9 Å². The first-order valence-corrected chi connectivity index (χ1v) is 8.60. The van der Waals surface area contributed by atoms with E-state index in [1.165, 1.54) is 12.1 Å². The minimum Gasteiger partial charge on any atom is -0.484 e. The molecule has 2 N–H and O–H groups in total. The van der Waals surface area contributed by atoms with Crippen LogP contribution in [-0.4, -0.2) is 23.6 Å². The minimum absolute atomic E-state index is 0.0999. The number of carboxylic acids is 1. The van der Waals surface area contributed by atoms with Crippen LogP contribution in [0.5, 0.6) is 17.2 Å². The highest BCUT2D eigenvalue weighted by atomic mass is 16.5. The predicted octanol–water partition coefficient (Wildman–Crippen LogP) is 4.50. The molecule has 142 valence electrons. The normalized spacial score (nSPS) is 10.2. The number of carbonyl (C=O) groups excluding carboxylic acids is 1. The van der Waals surface area contributed by atoms with Crippen LogP contribution in [0.3, 0.4) is 0 Å². The van der Waals surface area contributed by atoms with Crippen molar-refractivity contribution in [2.45, 2.75) is 6.92 Å². The highest BCUT2D eigenvalue weighted by Gasteiger charge is 2.07. The highest BCUT2D eigenvalue weighted by Crippen LogP contribution is 2.24. The summed E-state index contributed by atoms with van der Waals surface area (Å²) in [6.45, 7) is 1.81. The number of hydrogen-bond acceptors (Lipinski definition) is 4. The van der Waals surface area contributed by atoms with Crippen molar-refractivity contribution in [3.63, 3.8) is 0 Å². The molecule has 6 nitrogen and oxygen atoms in total. The van der Waals surface area contributed by atoms with E-state index in [-0.39, 0.29) is 18.1 Å². The summed E-state index contributed by atoms with van der Waals surface area (Å²) in [6.07, 6.45) is 0. The van der Waals surface area contributed by atoms with Crippen molar-refractivity contribution in [3.05, 3.63) is 83.9 Å². The molecule has 0 aliphatic carbocycles. The van der Waals surface area contributed by atoms with Crippen LogP contribution >= 0.6 is 0 Å². The average Bonchev–Trinajstić information content (AvgIpc) is 2.69. The van der Waals surface area contributed by atoms with Gasteiger partial charge in [0.15, 0.2) is 6.61 Å². The van der Waals surface area contributed by atoms with Crippen molar-refractivity contribution in [3.8, 4) is 17.2 Å². The number of aryl methyl sites for hydroxylation is 1. The Morgan fingerprint density at radius 1 is 0.893 bits per heavy atom. The fourth-order valence-electron chi connectivity index (χ4n) is 2.42. The molecule has 3 aromatic rings. The highest BCUT2D eigenvalue weighted by molar-refractivity contribution is 5.94. The van der Waals surface area contributed by atoms with Crippen molar-refractivity contribution >= 4 is 17.6 Å². The van der Waals surface area contributed by atoms with E-state index in [1.54, 1.807) is 36.4 Å². The molecular formula is C22H19NO5. The molecule has 0 radical (unpaired) electrons. The van der Waals surface area contributed by atoms with Crippen LogP contribution < -0.4 is 14.8 Å². The van der Waals surface area contributed by atoms with E-state index in [4.69, 9.17) is 14.6 Å². The summed E-state index contributed by atoms with van der Waals surface area (Å²) in [6, 6.07) is 20.7. The first-order valence-electron chi connectivity index (χ1n) is 8.60. The molecule has 0 atom stereocenters. The summed E-state index contributed by atoms with van der Waals surface area (Å²) in [7, 11) is 0. The Morgan fingerprint density at radius 3 is 2.14 bits per heavy atom. The molecule has 6 heteroatoms. The maximum atomic E-state index is 12.0. The Bertz CT molecular complexity index is 965. The second-order valence-electron chi connectivity index (χ2n) is 6.11. The van der Waals surface area contributed by atoms with E-state index in [0.717, 1.165) is 11.3 Å². The molecule has 3 aromatic carbocycles. The van der Waals surface area contributed by atoms with Crippen LogP contribution in [0.4, 0.5) is 5.69 Å². The van der Waals surface area contributed by atoms with Gasteiger partial charge in [0.05, 0.1) is 5.56 Å².